The summed E-state index contributed by atoms with van der Waals surface area (Å²) >= 11 is 0. The fourth-order valence-corrected chi connectivity index (χ4v) is 3.54. The predicted molar refractivity (Wildman–Crippen MR) is 95.8 cm³/mol. The molecule has 0 saturated heterocycles. The topological polar surface area (TPSA) is 26.5 Å². The van der Waals surface area contributed by atoms with Crippen molar-refractivity contribution in [3.8, 4) is 0 Å². The third-order valence-electron chi connectivity index (χ3n) is 4.84. The first-order valence-electron chi connectivity index (χ1n) is 9.80. The summed E-state index contributed by atoms with van der Waals surface area (Å²) in [6.45, 7) is 9.05. The molecule has 0 bridgehead atoms. The maximum atomic E-state index is 9.12. The average Bonchev–Trinajstić information content (AvgIpc) is 2.91. The van der Waals surface area contributed by atoms with Gasteiger partial charge in [0.05, 0.1) is 13.2 Å². The zero-order valence-corrected chi connectivity index (χ0v) is 15.2. The summed E-state index contributed by atoms with van der Waals surface area (Å²) in [7, 11) is 0. The van der Waals surface area contributed by atoms with E-state index in [1.165, 1.54) is 76.6 Å². The van der Waals surface area contributed by atoms with E-state index in [1.54, 1.807) is 0 Å². The Labute approximate surface area is 138 Å². The van der Waals surface area contributed by atoms with Crippen LogP contribution in [0.4, 0.5) is 0 Å². The first-order chi connectivity index (χ1) is 10.8. The Morgan fingerprint density at radius 1 is 0.909 bits per heavy atom. The van der Waals surface area contributed by atoms with Gasteiger partial charge >= 0.3 is 0 Å². The van der Waals surface area contributed by atoms with Gasteiger partial charge in [0.2, 0.25) is 5.84 Å². The van der Waals surface area contributed by atoms with Crippen molar-refractivity contribution in [2.24, 2.45) is 0 Å². The monoisotopic (exact) mass is 311 g/mol. The molecule has 0 atom stereocenters. The van der Waals surface area contributed by atoms with E-state index in [-0.39, 0.29) is 6.61 Å². The van der Waals surface area contributed by atoms with E-state index in [9.17, 15) is 0 Å². The fraction of sp³-hybridized carbons (Fsp3) is 0.947. The lowest BCUT2D eigenvalue weighted by Crippen LogP contribution is -2.31. The van der Waals surface area contributed by atoms with Crippen LogP contribution in [0.3, 0.4) is 0 Å². The third kappa shape index (κ3) is 7.62. The van der Waals surface area contributed by atoms with Crippen molar-refractivity contribution >= 4 is 5.84 Å². The molecular weight excluding hydrogens is 272 g/mol. The Hall–Kier alpha value is -0.570. The number of aliphatic hydroxyl groups excluding tert-OH is 1. The molecule has 1 heterocycles. The van der Waals surface area contributed by atoms with Gasteiger partial charge in [0, 0.05) is 6.42 Å². The van der Waals surface area contributed by atoms with E-state index in [2.05, 4.69) is 23.3 Å². The molecule has 1 aliphatic heterocycles. The second-order valence-electron chi connectivity index (χ2n) is 6.65. The summed E-state index contributed by atoms with van der Waals surface area (Å²) < 4.78 is 2.54. The summed E-state index contributed by atoms with van der Waals surface area (Å²) in [5, 5.41) is 9.12. The number of hydrogen-bond acceptors (Lipinski definition) is 2. The van der Waals surface area contributed by atoms with E-state index >= 15 is 0 Å². The second kappa shape index (κ2) is 12.9. The maximum absolute atomic E-state index is 9.12. The van der Waals surface area contributed by atoms with Crippen LogP contribution in [0, 0.1) is 0 Å². The van der Waals surface area contributed by atoms with Crippen LogP contribution in [-0.4, -0.2) is 53.2 Å². The van der Waals surface area contributed by atoms with E-state index in [0.29, 0.717) is 0 Å². The smallest absolute Gasteiger partial charge is 0.246 e. The summed E-state index contributed by atoms with van der Waals surface area (Å²) in [6, 6.07) is 0. The quantitative estimate of drug-likeness (QED) is 0.387. The highest BCUT2D eigenvalue weighted by Crippen LogP contribution is 2.11. The number of unbranched alkanes of at least 4 members (excludes halogenated alkanes) is 9. The van der Waals surface area contributed by atoms with Gasteiger partial charge in [-0.3, -0.25) is 9.48 Å². The van der Waals surface area contributed by atoms with E-state index < -0.39 is 0 Å². The van der Waals surface area contributed by atoms with Crippen molar-refractivity contribution in [2.45, 2.75) is 84.5 Å². The number of amidine groups is 1. The molecule has 0 aromatic heterocycles. The molecule has 0 saturated carbocycles. The molecule has 22 heavy (non-hydrogen) atoms. The molecule has 0 aromatic rings. The van der Waals surface area contributed by atoms with Crippen molar-refractivity contribution in [3.05, 3.63) is 0 Å². The minimum atomic E-state index is 0.273. The van der Waals surface area contributed by atoms with Gasteiger partial charge in [0.1, 0.15) is 19.6 Å². The molecule has 0 spiro atoms. The summed E-state index contributed by atoms with van der Waals surface area (Å²) in [5.41, 5.74) is 0. The van der Waals surface area contributed by atoms with Crippen LogP contribution in [0.2, 0.25) is 0 Å². The van der Waals surface area contributed by atoms with Gasteiger partial charge in [0.25, 0.3) is 0 Å². The van der Waals surface area contributed by atoms with Crippen LogP contribution in [0.25, 0.3) is 0 Å². The molecule has 0 unspecified atom stereocenters. The predicted octanol–water partition coefficient (Wildman–Crippen LogP) is 4.04. The number of hydrogen-bond donors (Lipinski definition) is 1. The van der Waals surface area contributed by atoms with Crippen molar-refractivity contribution in [3.63, 3.8) is 0 Å². The van der Waals surface area contributed by atoms with Gasteiger partial charge in [-0.25, -0.2) is 0 Å². The van der Waals surface area contributed by atoms with E-state index in [1.807, 2.05) is 0 Å². The second-order valence-corrected chi connectivity index (χ2v) is 6.65. The Balaban J connectivity index is 2.03. The number of aliphatic hydroxyl groups is 1. The van der Waals surface area contributed by atoms with E-state index in [0.717, 1.165) is 26.1 Å². The van der Waals surface area contributed by atoms with Gasteiger partial charge in [0.15, 0.2) is 0 Å². The molecule has 3 nitrogen and oxygen atoms in total. The Bertz CT molecular complexity index is 302. The molecule has 0 aromatic carbocycles. The standard InChI is InChI=1S/C19H39N2O/c1-3-5-6-7-8-9-10-11-12-13-14-20-15-16-21(17-18-22)19(20)4-2/h22H,3-18H2,1-2H3/q+1. The van der Waals surface area contributed by atoms with Crippen LogP contribution >= 0.6 is 0 Å². The first-order valence-corrected chi connectivity index (χ1v) is 9.80. The number of nitrogens with zero attached hydrogens (tertiary/aromatic N) is 2. The lowest BCUT2D eigenvalue weighted by Gasteiger charge is -2.10. The lowest BCUT2D eigenvalue weighted by atomic mass is 10.1. The molecule has 3 heteroatoms. The van der Waals surface area contributed by atoms with Crippen molar-refractivity contribution in [1.82, 2.24) is 4.90 Å². The minimum Gasteiger partial charge on any atom is -0.392 e. The summed E-state index contributed by atoms with van der Waals surface area (Å²) in [6.07, 6.45) is 15.1. The van der Waals surface area contributed by atoms with Crippen LogP contribution in [0.1, 0.15) is 84.5 Å². The Kier molecular flexibility index (Phi) is 11.4. The maximum Gasteiger partial charge on any atom is 0.246 e. The minimum absolute atomic E-state index is 0.273. The summed E-state index contributed by atoms with van der Waals surface area (Å²) in [4.78, 5) is 2.36. The van der Waals surface area contributed by atoms with Crippen LogP contribution in [-0.2, 0) is 0 Å². The summed E-state index contributed by atoms with van der Waals surface area (Å²) in [5.74, 6) is 1.45. The molecule has 130 valence electrons. The fourth-order valence-electron chi connectivity index (χ4n) is 3.54. The molecule has 0 aliphatic carbocycles. The highest BCUT2D eigenvalue weighted by Gasteiger charge is 2.27. The lowest BCUT2D eigenvalue weighted by molar-refractivity contribution is -0.519. The molecular formula is C19H39N2O+. The zero-order chi connectivity index (χ0) is 16.0. The van der Waals surface area contributed by atoms with E-state index in [4.69, 9.17) is 5.11 Å². The van der Waals surface area contributed by atoms with Crippen molar-refractivity contribution < 1.29 is 9.68 Å². The number of rotatable bonds is 14. The normalized spacial score (nSPS) is 15.1. The molecule has 1 N–H and O–H groups in total. The van der Waals surface area contributed by atoms with Crippen LogP contribution in [0.5, 0.6) is 0 Å². The highest BCUT2D eigenvalue weighted by atomic mass is 16.3. The van der Waals surface area contributed by atoms with Gasteiger partial charge < -0.3 is 5.11 Å². The molecule has 0 radical (unpaired) electrons. The Morgan fingerprint density at radius 2 is 1.50 bits per heavy atom. The average molecular weight is 312 g/mol. The van der Waals surface area contributed by atoms with Crippen molar-refractivity contribution in [2.75, 3.05) is 32.8 Å². The van der Waals surface area contributed by atoms with Crippen LogP contribution < -0.4 is 0 Å². The SMILES string of the molecule is CCCCCCCCCCCC[N+]1=C(CC)N(CCO)CC1. The van der Waals surface area contributed by atoms with Gasteiger partial charge in [-0.05, 0) is 12.8 Å². The first kappa shape index (κ1) is 19.5. The third-order valence-corrected chi connectivity index (χ3v) is 4.84. The molecule has 1 aliphatic rings. The Morgan fingerprint density at radius 3 is 2.05 bits per heavy atom. The highest BCUT2D eigenvalue weighted by molar-refractivity contribution is 5.78. The van der Waals surface area contributed by atoms with Crippen LogP contribution in [0.15, 0.2) is 0 Å². The molecule has 1 rings (SSSR count). The van der Waals surface area contributed by atoms with Gasteiger partial charge in [-0.15, -0.1) is 0 Å². The zero-order valence-electron chi connectivity index (χ0n) is 15.2. The number of β-amino-alcohol motifs (C(OH)–C–C–N with tert-alkyl or cyclic N) is 1. The molecule has 0 amide bonds. The van der Waals surface area contributed by atoms with Gasteiger partial charge in [-0.1, -0.05) is 65.2 Å². The van der Waals surface area contributed by atoms with Crippen molar-refractivity contribution in [1.29, 1.82) is 0 Å². The van der Waals surface area contributed by atoms with Gasteiger partial charge in [-0.2, -0.15) is 0 Å². The molecule has 0 fully saturated rings. The largest absolute Gasteiger partial charge is 0.392 e.